The van der Waals surface area contributed by atoms with Crippen molar-refractivity contribution in [1.82, 2.24) is 19.9 Å². The lowest BCUT2D eigenvalue weighted by atomic mass is 10.1. The van der Waals surface area contributed by atoms with Crippen LogP contribution in [-0.4, -0.2) is 27.0 Å². The molecule has 7 nitrogen and oxygen atoms in total. The second kappa shape index (κ2) is 7.81. The molecule has 0 unspecified atom stereocenters. The molecular weight excluding hydrogens is 460 g/mol. The molecule has 0 saturated carbocycles. The van der Waals surface area contributed by atoms with Gasteiger partial charge in [0.2, 0.25) is 5.82 Å². The van der Waals surface area contributed by atoms with Gasteiger partial charge in [-0.1, -0.05) is 57.5 Å². The first-order valence-electron chi connectivity index (χ1n) is 9.41. The maximum absolute atomic E-state index is 13.2. The summed E-state index contributed by atoms with van der Waals surface area (Å²) in [6.07, 6.45) is 0. The molecule has 0 aliphatic carbocycles. The Labute approximate surface area is 185 Å². The van der Waals surface area contributed by atoms with Gasteiger partial charge in [-0.25, -0.2) is 0 Å². The highest BCUT2D eigenvalue weighted by Gasteiger charge is 2.19. The summed E-state index contributed by atoms with van der Waals surface area (Å²) in [6.45, 7) is 0. The van der Waals surface area contributed by atoms with Crippen LogP contribution in [0.5, 0.6) is 5.75 Å². The zero-order chi connectivity index (χ0) is 21.4. The molecule has 0 amide bonds. The smallest absolute Gasteiger partial charge is 0.279 e. The van der Waals surface area contributed by atoms with Crippen molar-refractivity contribution in [3.63, 3.8) is 0 Å². The van der Waals surface area contributed by atoms with Gasteiger partial charge in [0.05, 0.1) is 18.2 Å². The summed E-state index contributed by atoms with van der Waals surface area (Å²) in [4.78, 5) is 17.7. The molecule has 0 radical (unpaired) electrons. The van der Waals surface area contributed by atoms with Crippen molar-refractivity contribution in [1.29, 1.82) is 0 Å². The highest BCUT2D eigenvalue weighted by Crippen LogP contribution is 2.29. The fourth-order valence-corrected chi connectivity index (χ4v) is 3.80. The van der Waals surface area contributed by atoms with Gasteiger partial charge in [-0.05, 0) is 30.3 Å². The maximum atomic E-state index is 13.2. The second-order valence-electron chi connectivity index (χ2n) is 6.72. The third kappa shape index (κ3) is 3.40. The summed E-state index contributed by atoms with van der Waals surface area (Å²) in [7, 11) is 1.57. The molecule has 0 aliphatic rings. The van der Waals surface area contributed by atoms with Gasteiger partial charge in [0.15, 0.2) is 5.69 Å². The summed E-state index contributed by atoms with van der Waals surface area (Å²) >= 11 is 3.51. The van der Waals surface area contributed by atoms with Gasteiger partial charge in [0.1, 0.15) is 5.75 Å². The minimum Gasteiger partial charge on any atom is -0.497 e. The van der Waals surface area contributed by atoms with Crippen LogP contribution in [0.4, 0.5) is 0 Å². The van der Waals surface area contributed by atoms with E-state index >= 15 is 0 Å². The number of aromatic nitrogens is 4. The van der Waals surface area contributed by atoms with Crippen molar-refractivity contribution in [2.24, 2.45) is 0 Å². The highest BCUT2D eigenvalue weighted by molar-refractivity contribution is 9.10. The number of fused-ring (bicyclic) bond motifs is 1. The summed E-state index contributed by atoms with van der Waals surface area (Å²) in [5.74, 6) is 1.26. The van der Waals surface area contributed by atoms with Gasteiger partial charge in [-0.15, -0.1) is 0 Å². The van der Waals surface area contributed by atoms with Crippen LogP contribution >= 0.6 is 15.9 Å². The van der Waals surface area contributed by atoms with E-state index in [1.54, 1.807) is 37.4 Å². The molecule has 0 fully saturated rings. The van der Waals surface area contributed by atoms with Gasteiger partial charge < -0.3 is 9.26 Å². The quantitative estimate of drug-likeness (QED) is 0.369. The molecule has 5 aromatic rings. The van der Waals surface area contributed by atoms with E-state index in [0.29, 0.717) is 33.7 Å². The van der Waals surface area contributed by atoms with E-state index in [-0.39, 0.29) is 11.4 Å². The first-order chi connectivity index (χ1) is 15.2. The number of methoxy groups -OCH3 is 1. The van der Waals surface area contributed by atoms with Crippen molar-refractivity contribution in [3.05, 3.63) is 87.6 Å². The minimum absolute atomic E-state index is 0.221. The van der Waals surface area contributed by atoms with Crippen LogP contribution in [0, 0.1) is 0 Å². The number of rotatable bonds is 4. The predicted molar refractivity (Wildman–Crippen MR) is 120 cm³/mol. The zero-order valence-corrected chi connectivity index (χ0v) is 17.9. The van der Waals surface area contributed by atoms with Gasteiger partial charge in [0, 0.05) is 21.5 Å². The zero-order valence-electron chi connectivity index (χ0n) is 16.3. The average Bonchev–Trinajstić information content (AvgIpc) is 3.29. The SMILES string of the molecule is COc1cccc(-n2nc(-c3nc(-c4ccccc4Br)no3)c3ccccc3c2=O)c1. The normalized spacial score (nSPS) is 11.0. The van der Waals surface area contributed by atoms with Gasteiger partial charge >= 0.3 is 0 Å². The van der Waals surface area contributed by atoms with Crippen LogP contribution in [-0.2, 0) is 0 Å². The third-order valence-corrected chi connectivity index (χ3v) is 5.54. The van der Waals surface area contributed by atoms with Gasteiger partial charge in [0.25, 0.3) is 11.4 Å². The van der Waals surface area contributed by atoms with Crippen LogP contribution in [0.15, 0.2) is 86.6 Å². The number of hydrogen-bond donors (Lipinski definition) is 0. The van der Waals surface area contributed by atoms with E-state index in [1.165, 1.54) is 4.68 Å². The molecule has 0 saturated heterocycles. The van der Waals surface area contributed by atoms with Crippen molar-refractivity contribution in [3.8, 4) is 34.4 Å². The molecule has 0 bridgehead atoms. The van der Waals surface area contributed by atoms with E-state index < -0.39 is 0 Å². The molecule has 2 aromatic heterocycles. The Balaban J connectivity index is 1.73. The Morgan fingerprint density at radius 3 is 2.55 bits per heavy atom. The van der Waals surface area contributed by atoms with Crippen molar-refractivity contribution < 1.29 is 9.26 Å². The molecule has 8 heteroatoms. The van der Waals surface area contributed by atoms with Crippen LogP contribution < -0.4 is 10.3 Å². The predicted octanol–water partition coefficient (Wildman–Crippen LogP) is 4.87. The largest absolute Gasteiger partial charge is 0.497 e. The average molecular weight is 475 g/mol. The second-order valence-corrected chi connectivity index (χ2v) is 7.57. The van der Waals surface area contributed by atoms with Crippen LogP contribution in [0.25, 0.3) is 39.4 Å². The molecule has 0 spiro atoms. The summed E-state index contributed by atoms with van der Waals surface area (Å²) in [5.41, 5.74) is 1.53. The minimum atomic E-state index is -0.252. The van der Waals surface area contributed by atoms with E-state index in [9.17, 15) is 4.79 Å². The Hall–Kier alpha value is -3.78. The van der Waals surface area contributed by atoms with E-state index in [1.807, 2.05) is 42.5 Å². The lowest BCUT2D eigenvalue weighted by molar-refractivity contribution is 0.414. The maximum Gasteiger partial charge on any atom is 0.279 e. The summed E-state index contributed by atoms with van der Waals surface area (Å²) in [5, 5.41) is 9.84. The molecule has 152 valence electrons. The molecule has 31 heavy (non-hydrogen) atoms. The standard InChI is InChI=1S/C23H15BrN4O3/c1-30-15-8-6-7-14(13-15)28-23(29)17-10-3-2-9-16(17)20(26-28)22-25-21(27-31-22)18-11-4-5-12-19(18)24/h2-13H,1H3. The van der Waals surface area contributed by atoms with Crippen LogP contribution in [0.3, 0.4) is 0 Å². The Kier molecular flexibility index (Phi) is 4.83. The number of ether oxygens (including phenoxy) is 1. The fraction of sp³-hybridized carbons (Fsp3) is 0.0435. The van der Waals surface area contributed by atoms with Gasteiger partial charge in [-0.3, -0.25) is 4.79 Å². The van der Waals surface area contributed by atoms with Crippen LogP contribution in [0.1, 0.15) is 0 Å². The molecule has 5 rings (SSSR count). The Morgan fingerprint density at radius 2 is 1.74 bits per heavy atom. The fourth-order valence-electron chi connectivity index (χ4n) is 3.34. The Morgan fingerprint density at radius 1 is 0.968 bits per heavy atom. The molecule has 0 aliphatic heterocycles. The first kappa shape index (κ1) is 19.2. The van der Waals surface area contributed by atoms with Crippen molar-refractivity contribution >= 4 is 26.7 Å². The first-order valence-corrected chi connectivity index (χ1v) is 10.2. The number of halogens is 1. The summed E-state index contributed by atoms with van der Waals surface area (Å²) in [6, 6.07) is 22.0. The molecule has 3 aromatic carbocycles. The Bertz CT molecular complexity index is 1480. The molecule has 0 N–H and O–H groups in total. The lowest BCUT2D eigenvalue weighted by Gasteiger charge is -2.10. The highest BCUT2D eigenvalue weighted by atomic mass is 79.9. The number of nitrogens with zero attached hydrogens (tertiary/aromatic N) is 4. The summed E-state index contributed by atoms with van der Waals surface area (Å²) < 4.78 is 13.0. The van der Waals surface area contributed by atoms with Crippen molar-refractivity contribution in [2.45, 2.75) is 0 Å². The lowest BCUT2D eigenvalue weighted by Crippen LogP contribution is -2.22. The van der Waals surface area contributed by atoms with Gasteiger partial charge in [-0.2, -0.15) is 14.8 Å². The van der Waals surface area contributed by atoms with Crippen molar-refractivity contribution in [2.75, 3.05) is 7.11 Å². The third-order valence-electron chi connectivity index (χ3n) is 4.85. The van der Waals surface area contributed by atoms with E-state index in [2.05, 4.69) is 31.2 Å². The number of hydrogen-bond acceptors (Lipinski definition) is 6. The van der Waals surface area contributed by atoms with E-state index in [4.69, 9.17) is 9.26 Å². The molecule has 0 atom stereocenters. The topological polar surface area (TPSA) is 83.0 Å². The monoisotopic (exact) mass is 474 g/mol. The van der Waals surface area contributed by atoms with Crippen LogP contribution in [0.2, 0.25) is 0 Å². The molecular formula is C23H15BrN4O3. The van der Waals surface area contributed by atoms with E-state index in [0.717, 1.165) is 10.0 Å². The molecule has 2 heterocycles. The number of benzene rings is 3.